The van der Waals surface area contributed by atoms with Crippen LogP contribution < -0.4 is 19.8 Å². The third kappa shape index (κ3) is 5.56. The molecule has 4 aromatic rings. The minimum Gasteiger partial charge on any atom is -0.490 e. The van der Waals surface area contributed by atoms with Crippen LogP contribution in [0.15, 0.2) is 87.0 Å². The molecule has 5 rings (SSSR count). The van der Waals surface area contributed by atoms with Crippen molar-refractivity contribution in [2.24, 2.45) is 0 Å². The first-order valence-corrected chi connectivity index (χ1v) is 14.5. The van der Waals surface area contributed by atoms with Gasteiger partial charge in [0.1, 0.15) is 12.2 Å². The molecule has 0 bridgehead atoms. The van der Waals surface area contributed by atoms with Gasteiger partial charge in [-0.15, -0.1) is 0 Å². The van der Waals surface area contributed by atoms with Crippen molar-refractivity contribution in [1.29, 1.82) is 0 Å². The molecule has 0 aliphatic carbocycles. The number of hydrogen-bond acceptors (Lipinski definition) is 7. The molecule has 8 nitrogen and oxygen atoms in total. The first kappa shape index (κ1) is 29.1. The van der Waals surface area contributed by atoms with E-state index in [0.717, 1.165) is 12.8 Å². The van der Waals surface area contributed by atoms with Gasteiger partial charge in [0.2, 0.25) is 5.76 Å². The minimum absolute atomic E-state index is 0.0344. The number of anilines is 1. The number of hydrogen-bond donors (Lipinski definition) is 0. The van der Waals surface area contributed by atoms with Crippen LogP contribution in [0, 0.1) is 0 Å². The average molecular weight is 633 g/mol. The van der Waals surface area contributed by atoms with Gasteiger partial charge in [0, 0.05) is 10.2 Å². The first-order chi connectivity index (χ1) is 20.4. The third-order valence-corrected chi connectivity index (χ3v) is 7.38. The highest BCUT2D eigenvalue weighted by Crippen LogP contribution is 2.43. The van der Waals surface area contributed by atoms with Crippen LogP contribution in [-0.4, -0.2) is 31.7 Å². The van der Waals surface area contributed by atoms with Crippen LogP contribution in [0.5, 0.6) is 11.5 Å². The number of carbonyl (C=O) groups is 2. The second kappa shape index (κ2) is 12.7. The van der Waals surface area contributed by atoms with Crippen LogP contribution in [0.25, 0.3) is 11.0 Å². The number of esters is 1. The predicted molar refractivity (Wildman–Crippen MR) is 164 cm³/mol. The molecule has 1 atom stereocenters. The highest BCUT2D eigenvalue weighted by Gasteiger charge is 2.44. The Balaban J connectivity index is 1.64. The van der Waals surface area contributed by atoms with Gasteiger partial charge in [-0.2, -0.15) is 0 Å². The minimum atomic E-state index is -0.831. The lowest BCUT2D eigenvalue weighted by molar-refractivity contribution is 0.0499. The normalized spacial score (nSPS) is 14.1. The summed E-state index contributed by atoms with van der Waals surface area (Å²) in [6.45, 7) is 8.58. The number of halogens is 1. The monoisotopic (exact) mass is 631 g/mol. The number of benzene rings is 3. The van der Waals surface area contributed by atoms with Crippen molar-refractivity contribution in [2.45, 2.75) is 32.7 Å². The van der Waals surface area contributed by atoms with Gasteiger partial charge in [0.15, 0.2) is 16.9 Å². The first-order valence-electron chi connectivity index (χ1n) is 13.7. The fraction of sp³-hybridized carbons (Fsp3) is 0.242. The summed E-state index contributed by atoms with van der Waals surface area (Å²) in [5, 5.41) is 0.351. The molecule has 216 valence electrons. The molecule has 2 heterocycles. The van der Waals surface area contributed by atoms with Crippen LogP contribution in [0.1, 0.15) is 64.8 Å². The maximum atomic E-state index is 14.0. The van der Waals surface area contributed by atoms with Crippen molar-refractivity contribution in [1.82, 2.24) is 0 Å². The SMILES string of the molecule is C=CCOc1ccc(C2c3c(oc4ccc(Br)cc4c3=O)C(=O)N2c2ccc(C(=O)OCCCC)cc2)cc1OCC. The van der Waals surface area contributed by atoms with Gasteiger partial charge < -0.3 is 18.6 Å². The molecule has 1 aliphatic rings. The Morgan fingerprint density at radius 3 is 2.52 bits per heavy atom. The lowest BCUT2D eigenvalue weighted by atomic mass is 9.97. The topological polar surface area (TPSA) is 95.3 Å². The van der Waals surface area contributed by atoms with E-state index in [2.05, 4.69) is 22.5 Å². The van der Waals surface area contributed by atoms with Crippen molar-refractivity contribution in [3.05, 3.63) is 110 Å². The quantitative estimate of drug-likeness (QED) is 0.0979. The zero-order chi connectivity index (χ0) is 29.8. The van der Waals surface area contributed by atoms with Crippen molar-refractivity contribution in [3.63, 3.8) is 0 Å². The zero-order valence-electron chi connectivity index (χ0n) is 23.4. The summed E-state index contributed by atoms with van der Waals surface area (Å²) in [6.07, 6.45) is 3.32. The number of carbonyl (C=O) groups excluding carboxylic acids is 2. The number of fused-ring (bicyclic) bond motifs is 2. The van der Waals surface area contributed by atoms with Gasteiger partial charge in [-0.1, -0.05) is 48.0 Å². The molecule has 0 spiro atoms. The Labute approximate surface area is 251 Å². The molecule has 1 aromatic heterocycles. The summed E-state index contributed by atoms with van der Waals surface area (Å²) < 4.78 is 23.8. The van der Waals surface area contributed by atoms with Crippen LogP contribution >= 0.6 is 15.9 Å². The molecule has 0 fully saturated rings. The van der Waals surface area contributed by atoms with E-state index in [9.17, 15) is 14.4 Å². The largest absolute Gasteiger partial charge is 0.490 e. The number of amides is 1. The lowest BCUT2D eigenvalue weighted by Crippen LogP contribution is -2.29. The van der Waals surface area contributed by atoms with Gasteiger partial charge in [0.05, 0.1) is 35.8 Å². The average Bonchev–Trinajstić information content (AvgIpc) is 3.29. The van der Waals surface area contributed by atoms with E-state index in [1.165, 1.54) is 4.90 Å². The van der Waals surface area contributed by atoms with Gasteiger partial charge in [0.25, 0.3) is 5.91 Å². The Kier molecular flexibility index (Phi) is 8.77. The Morgan fingerprint density at radius 1 is 1.02 bits per heavy atom. The summed E-state index contributed by atoms with van der Waals surface area (Å²) in [7, 11) is 0. The maximum Gasteiger partial charge on any atom is 0.338 e. The molecule has 1 aliphatic heterocycles. The second-order valence-electron chi connectivity index (χ2n) is 9.67. The van der Waals surface area contributed by atoms with E-state index in [4.69, 9.17) is 18.6 Å². The number of nitrogens with zero attached hydrogens (tertiary/aromatic N) is 1. The Bertz CT molecular complexity index is 1710. The fourth-order valence-electron chi connectivity index (χ4n) is 4.91. The molecule has 42 heavy (non-hydrogen) atoms. The van der Waals surface area contributed by atoms with Crippen molar-refractivity contribution in [3.8, 4) is 11.5 Å². The number of ether oxygens (including phenoxy) is 3. The van der Waals surface area contributed by atoms with Crippen molar-refractivity contribution < 1.29 is 28.2 Å². The van der Waals surface area contributed by atoms with Gasteiger partial charge in [-0.25, -0.2) is 4.79 Å². The molecule has 0 radical (unpaired) electrons. The smallest absolute Gasteiger partial charge is 0.338 e. The summed E-state index contributed by atoms with van der Waals surface area (Å²) in [4.78, 5) is 42.0. The lowest BCUT2D eigenvalue weighted by Gasteiger charge is -2.26. The fourth-order valence-corrected chi connectivity index (χ4v) is 5.27. The number of rotatable bonds is 11. The molecule has 1 unspecified atom stereocenters. The van der Waals surface area contributed by atoms with Gasteiger partial charge >= 0.3 is 5.97 Å². The maximum absolute atomic E-state index is 14.0. The van der Waals surface area contributed by atoms with E-state index in [1.54, 1.807) is 66.7 Å². The van der Waals surface area contributed by atoms with Gasteiger partial charge in [-0.05, 0) is 73.5 Å². The summed E-state index contributed by atoms with van der Waals surface area (Å²) in [5.74, 6) is 0.0356. The van der Waals surface area contributed by atoms with Gasteiger partial charge in [-0.3, -0.25) is 14.5 Å². The van der Waals surface area contributed by atoms with Crippen LogP contribution in [0.2, 0.25) is 0 Å². The molecular weight excluding hydrogens is 602 g/mol. The molecule has 0 saturated carbocycles. The molecular formula is C33H30BrNO7. The molecule has 0 saturated heterocycles. The molecule has 1 amide bonds. The predicted octanol–water partition coefficient (Wildman–Crippen LogP) is 7.23. The van der Waals surface area contributed by atoms with E-state index < -0.39 is 17.9 Å². The second-order valence-corrected chi connectivity index (χ2v) is 10.6. The zero-order valence-corrected chi connectivity index (χ0v) is 24.9. The Morgan fingerprint density at radius 2 is 1.81 bits per heavy atom. The van der Waals surface area contributed by atoms with E-state index in [-0.39, 0.29) is 23.4 Å². The third-order valence-electron chi connectivity index (χ3n) is 6.88. The molecule has 3 aromatic carbocycles. The van der Waals surface area contributed by atoms with Crippen LogP contribution in [-0.2, 0) is 4.74 Å². The van der Waals surface area contributed by atoms with E-state index in [0.29, 0.717) is 57.0 Å². The molecule has 0 N–H and O–H groups in total. The summed E-state index contributed by atoms with van der Waals surface area (Å²) in [5.41, 5.74) is 1.69. The highest BCUT2D eigenvalue weighted by atomic mass is 79.9. The highest BCUT2D eigenvalue weighted by molar-refractivity contribution is 9.10. The number of unbranched alkanes of at least 4 members (excludes halogenated alkanes) is 1. The van der Waals surface area contributed by atoms with Crippen molar-refractivity contribution in [2.75, 3.05) is 24.7 Å². The molecule has 9 heteroatoms. The van der Waals surface area contributed by atoms with Crippen molar-refractivity contribution >= 4 is 44.5 Å². The van der Waals surface area contributed by atoms with E-state index in [1.807, 2.05) is 13.8 Å². The summed E-state index contributed by atoms with van der Waals surface area (Å²) in [6, 6.07) is 16.1. The summed E-state index contributed by atoms with van der Waals surface area (Å²) >= 11 is 3.43. The standard InChI is InChI=1S/C33H30BrNO7/c1-4-7-17-41-33(38)20-8-12-23(13-9-20)35-29(21-10-14-26(40-16-5-2)27(18-21)39-6-3)28-30(36)24-19-22(34)11-15-25(24)42-31(28)32(35)37/h5,8-15,18-19,29H,2,4,6-7,16-17H2,1,3H3. The van der Waals surface area contributed by atoms with Crippen LogP contribution in [0.4, 0.5) is 5.69 Å². The Hall–Kier alpha value is -4.37. The van der Waals surface area contributed by atoms with E-state index >= 15 is 0 Å². The van der Waals surface area contributed by atoms with Crippen LogP contribution in [0.3, 0.4) is 0 Å².